The second-order valence-corrected chi connectivity index (χ2v) is 3.24. The number of rotatable bonds is 3. The van der Waals surface area contributed by atoms with Gasteiger partial charge < -0.3 is 20.4 Å². The van der Waals surface area contributed by atoms with Crippen molar-refractivity contribution in [3.8, 4) is 5.75 Å². The lowest BCUT2D eigenvalue weighted by atomic mass is 10.0. The van der Waals surface area contributed by atoms with Gasteiger partial charge in [0.15, 0.2) is 0 Å². The highest BCUT2D eigenvalue weighted by Gasteiger charge is 2.17. The summed E-state index contributed by atoms with van der Waals surface area (Å²) >= 11 is 0. The summed E-state index contributed by atoms with van der Waals surface area (Å²) in [6.07, 6.45) is -2.32. The molecule has 14 heavy (non-hydrogen) atoms. The fourth-order valence-corrected chi connectivity index (χ4v) is 1.18. The second-order valence-electron chi connectivity index (χ2n) is 3.24. The quantitative estimate of drug-likeness (QED) is 0.554. The van der Waals surface area contributed by atoms with Crippen LogP contribution in [-0.2, 0) is 0 Å². The SMILES string of the molecule is Cc1cc(C(O)C(O)CO)ccc1O. The maximum atomic E-state index is 9.51. The largest absolute Gasteiger partial charge is 0.508 e. The summed E-state index contributed by atoms with van der Waals surface area (Å²) in [6, 6.07) is 4.52. The first-order valence-corrected chi connectivity index (χ1v) is 4.32. The van der Waals surface area contributed by atoms with E-state index in [2.05, 4.69) is 0 Å². The molecule has 4 heteroatoms. The van der Waals surface area contributed by atoms with Crippen LogP contribution < -0.4 is 0 Å². The smallest absolute Gasteiger partial charge is 0.118 e. The lowest BCUT2D eigenvalue weighted by Gasteiger charge is -2.16. The van der Waals surface area contributed by atoms with Crippen molar-refractivity contribution in [2.45, 2.75) is 19.1 Å². The Balaban J connectivity index is 2.91. The van der Waals surface area contributed by atoms with Crippen LogP contribution in [0.1, 0.15) is 17.2 Å². The molecule has 0 spiro atoms. The van der Waals surface area contributed by atoms with Crippen molar-refractivity contribution < 1.29 is 20.4 Å². The average Bonchev–Trinajstić information content (AvgIpc) is 2.20. The van der Waals surface area contributed by atoms with Gasteiger partial charge in [0.1, 0.15) is 18.0 Å². The molecule has 2 atom stereocenters. The molecule has 0 amide bonds. The molecule has 0 aliphatic heterocycles. The highest BCUT2D eigenvalue weighted by Crippen LogP contribution is 2.23. The molecule has 0 heterocycles. The fourth-order valence-electron chi connectivity index (χ4n) is 1.18. The van der Waals surface area contributed by atoms with Crippen LogP contribution in [0.3, 0.4) is 0 Å². The van der Waals surface area contributed by atoms with E-state index in [0.29, 0.717) is 11.1 Å². The Morgan fingerprint density at radius 1 is 1.29 bits per heavy atom. The summed E-state index contributed by atoms with van der Waals surface area (Å²) in [4.78, 5) is 0. The minimum absolute atomic E-state index is 0.138. The standard InChI is InChI=1S/C10H14O4/c1-6-4-7(2-3-8(6)12)10(14)9(13)5-11/h2-4,9-14H,5H2,1H3. The number of aliphatic hydroxyl groups is 3. The fraction of sp³-hybridized carbons (Fsp3) is 0.400. The molecule has 0 saturated carbocycles. The van der Waals surface area contributed by atoms with Crippen molar-refractivity contribution in [1.29, 1.82) is 0 Å². The molecule has 78 valence electrons. The number of hydrogen-bond acceptors (Lipinski definition) is 4. The molecule has 1 aromatic rings. The Morgan fingerprint density at radius 3 is 2.43 bits per heavy atom. The van der Waals surface area contributed by atoms with Gasteiger partial charge in [0.25, 0.3) is 0 Å². The van der Waals surface area contributed by atoms with Gasteiger partial charge in [-0.25, -0.2) is 0 Å². The van der Waals surface area contributed by atoms with E-state index in [1.165, 1.54) is 12.1 Å². The van der Waals surface area contributed by atoms with Gasteiger partial charge in [-0.1, -0.05) is 6.07 Å². The molecule has 0 aliphatic carbocycles. The number of aryl methyl sites for hydroxylation is 1. The monoisotopic (exact) mass is 198 g/mol. The lowest BCUT2D eigenvalue weighted by molar-refractivity contribution is -0.0153. The van der Waals surface area contributed by atoms with Crippen LogP contribution in [0.25, 0.3) is 0 Å². The van der Waals surface area contributed by atoms with Crippen LogP contribution in [0.15, 0.2) is 18.2 Å². The van der Waals surface area contributed by atoms with E-state index in [4.69, 9.17) is 5.11 Å². The van der Waals surface area contributed by atoms with Gasteiger partial charge in [-0.15, -0.1) is 0 Å². The Hall–Kier alpha value is -1.10. The first-order chi connectivity index (χ1) is 6.56. The van der Waals surface area contributed by atoms with E-state index >= 15 is 0 Å². The van der Waals surface area contributed by atoms with Crippen molar-refractivity contribution in [3.63, 3.8) is 0 Å². The zero-order valence-corrected chi connectivity index (χ0v) is 7.88. The molecule has 0 saturated heterocycles. The predicted octanol–water partition coefficient (Wildman–Crippen LogP) is 0.0872. The van der Waals surface area contributed by atoms with Gasteiger partial charge in [-0.2, -0.15) is 0 Å². The highest BCUT2D eigenvalue weighted by atomic mass is 16.4. The van der Waals surface area contributed by atoms with Gasteiger partial charge in [-0.3, -0.25) is 0 Å². The number of aromatic hydroxyl groups is 1. The molecule has 2 unspecified atom stereocenters. The Bertz CT molecular complexity index is 311. The Labute approximate surface area is 82.1 Å². The molecule has 0 aliphatic rings. The van der Waals surface area contributed by atoms with Crippen LogP contribution in [0, 0.1) is 6.92 Å². The predicted molar refractivity (Wildman–Crippen MR) is 50.9 cm³/mol. The molecule has 1 aromatic carbocycles. The van der Waals surface area contributed by atoms with Crippen molar-refractivity contribution in [2.75, 3.05) is 6.61 Å². The first-order valence-electron chi connectivity index (χ1n) is 4.32. The normalized spacial score (nSPS) is 15.1. The van der Waals surface area contributed by atoms with Crippen LogP contribution in [0.5, 0.6) is 5.75 Å². The molecule has 4 N–H and O–H groups in total. The van der Waals surface area contributed by atoms with Crippen molar-refractivity contribution >= 4 is 0 Å². The average molecular weight is 198 g/mol. The molecular formula is C10H14O4. The van der Waals surface area contributed by atoms with Crippen LogP contribution in [0.4, 0.5) is 0 Å². The van der Waals surface area contributed by atoms with Crippen molar-refractivity contribution in [1.82, 2.24) is 0 Å². The summed E-state index contributed by atoms with van der Waals surface area (Å²) in [6.45, 7) is 1.19. The molecule has 0 fully saturated rings. The number of hydrogen-bond donors (Lipinski definition) is 4. The maximum Gasteiger partial charge on any atom is 0.118 e. The maximum absolute atomic E-state index is 9.51. The van der Waals surface area contributed by atoms with Gasteiger partial charge in [0.2, 0.25) is 0 Å². The molecule has 0 bridgehead atoms. The number of phenolic OH excluding ortho intramolecular Hbond substituents is 1. The van der Waals surface area contributed by atoms with Gasteiger partial charge in [0, 0.05) is 0 Å². The van der Waals surface area contributed by atoms with Crippen LogP contribution in [0.2, 0.25) is 0 Å². The van der Waals surface area contributed by atoms with Gasteiger partial charge in [-0.05, 0) is 30.2 Å². The molecule has 0 aromatic heterocycles. The summed E-state index contributed by atoms with van der Waals surface area (Å²) in [5, 5.41) is 36.5. The summed E-state index contributed by atoms with van der Waals surface area (Å²) in [5.41, 5.74) is 1.09. The van der Waals surface area contributed by atoms with E-state index in [0.717, 1.165) is 0 Å². The topological polar surface area (TPSA) is 80.9 Å². The third-order valence-corrected chi connectivity index (χ3v) is 2.11. The van der Waals surface area contributed by atoms with Crippen LogP contribution in [-0.4, -0.2) is 33.1 Å². The summed E-state index contributed by atoms with van der Waals surface area (Å²) in [5.74, 6) is 0.138. The minimum atomic E-state index is -1.20. The number of phenols is 1. The third-order valence-electron chi connectivity index (χ3n) is 2.11. The van der Waals surface area contributed by atoms with E-state index in [9.17, 15) is 15.3 Å². The van der Waals surface area contributed by atoms with E-state index in [-0.39, 0.29) is 5.75 Å². The molecule has 0 radical (unpaired) electrons. The summed E-state index contributed by atoms with van der Waals surface area (Å²) in [7, 11) is 0. The molecule has 1 rings (SSSR count). The van der Waals surface area contributed by atoms with Crippen molar-refractivity contribution in [3.05, 3.63) is 29.3 Å². The van der Waals surface area contributed by atoms with E-state index in [1.807, 2.05) is 0 Å². The van der Waals surface area contributed by atoms with Crippen molar-refractivity contribution in [2.24, 2.45) is 0 Å². The van der Waals surface area contributed by atoms with E-state index < -0.39 is 18.8 Å². The zero-order valence-electron chi connectivity index (χ0n) is 7.88. The minimum Gasteiger partial charge on any atom is -0.508 e. The zero-order chi connectivity index (χ0) is 10.7. The van der Waals surface area contributed by atoms with Crippen LogP contribution >= 0.6 is 0 Å². The molecule has 4 nitrogen and oxygen atoms in total. The number of aliphatic hydroxyl groups excluding tert-OH is 3. The van der Waals surface area contributed by atoms with Gasteiger partial charge in [0.05, 0.1) is 6.61 Å². The van der Waals surface area contributed by atoms with E-state index in [1.54, 1.807) is 13.0 Å². The third kappa shape index (κ3) is 2.23. The first kappa shape index (κ1) is 11.0. The lowest BCUT2D eigenvalue weighted by Crippen LogP contribution is -2.22. The Kier molecular flexibility index (Phi) is 3.46. The second kappa shape index (κ2) is 4.41. The Morgan fingerprint density at radius 2 is 1.93 bits per heavy atom. The molecular weight excluding hydrogens is 184 g/mol. The van der Waals surface area contributed by atoms with Gasteiger partial charge >= 0.3 is 0 Å². The number of benzene rings is 1. The summed E-state index contributed by atoms with van der Waals surface area (Å²) < 4.78 is 0. The highest BCUT2D eigenvalue weighted by molar-refractivity contribution is 5.36.